The zero-order valence-electron chi connectivity index (χ0n) is 19.5. The number of hydrogen-bond acceptors (Lipinski definition) is 6. The van der Waals surface area contributed by atoms with E-state index in [1.165, 1.54) is 0 Å². The van der Waals surface area contributed by atoms with E-state index in [2.05, 4.69) is 5.32 Å². The molecule has 0 spiro atoms. The highest BCUT2D eigenvalue weighted by atomic mass is 16.5. The Balaban J connectivity index is 1.51. The van der Waals surface area contributed by atoms with Gasteiger partial charge >= 0.3 is 0 Å². The lowest BCUT2D eigenvalue weighted by Crippen LogP contribution is -2.32. The molecule has 0 atom stereocenters. The molecule has 2 aromatic rings. The molecule has 1 aliphatic rings. The molecule has 1 N–H and O–H groups in total. The molecule has 176 valence electrons. The van der Waals surface area contributed by atoms with Crippen LogP contribution in [0.2, 0.25) is 0 Å². The molecule has 0 aromatic heterocycles. The van der Waals surface area contributed by atoms with Crippen molar-refractivity contribution in [3.63, 3.8) is 0 Å². The molecular weight excluding hydrogens is 424 g/mol. The van der Waals surface area contributed by atoms with Gasteiger partial charge in [0.2, 0.25) is 11.8 Å². The Kier molecular flexibility index (Phi) is 8.18. The number of nitrogens with one attached hydrogen (secondary N) is 1. The maximum absolute atomic E-state index is 12.7. The van der Waals surface area contributed by atoms with Gasteiger partial charge < -0.3 is 29.2 Å². The van der Waals surface area contributed by atoms with Crippen molar-refractivity contribution >= 4 is 17.9 Å². The highest BCUT2D eigenvalue weighted by Gasteiger charge is 2.20. The molecule has 1 heterocycles. The number of nitrogens with zero attached hydrogens (tertiary/aromatic N) is 1. The summed E-state index contributed by atoms with van der Waals surface area (Å²) in [5.41, 5.74) is 2.78. The Hall–Kier alpha value is -3.68. The van der Waals surface area contributed by atoms with Crippen molar-refractivity contribution in [1.29, 1.82) is 0 Å². The monoisotopic (exact) mass is 454 g/mol. The summed E-state index contributed by atoms with van der Waals surface area (Å²) in [6.07, 6.45) is 4.68. The van der Waals surface area contributed by atoms with Gasteiger partial charge in [-0.05, 0) is 53.5 Å². The van der Waals surface area contributed by atoms with Crippen molar-refractivity contribution in [3.05, 3.63) is 53.2 Å². The lowest BCUT2D eigenvalue weighted by molar-refractivity contribution is -0.128. The Bertz CT molecular complexity index is 1030. The second-order valence-electron chi connectivity index (χ2n) is 7.52. The number of carbonyl (C=O) groups is 2. The first-order valence-corrected chi connectivity index (χ1v) is 10.7. The first-order valence-electron chi connectivity index (χ1n) is 10.7. The van der Waals surface area contributed by atoms with Crippen LogP contribution in [-0.4, -0.2) is 58.2 Å². The summed E-state index contributed by atoms with van der Waals surface area (Å²) < 4.78 is 21.2. The highest BCUT2D eigenvalue weighted by molar-refractivity contribution is 5.85. The zero-order chi connectivity index (χ0) is 23.8. The topological polar surface area (TPSA) is 86.3 Å². The van der Waals surface area contributed by atoms with Gasteiger partial charge in [-0.1, -0.05) is 6.07 Å². The van der Waals surface area contributed by atoms with E-state index in [0.29, 0.717) is 42.5 Å². The highest BCUT2D eigenvalue weighted by Crippen LogP contribution is 2.32. The van der Waals surface area contributed by atoms with E-state index in [0.717, 1.165) is 16.7 Å². The normalized spacial score (nSPS) is 12.6. The van der Waals surface area contributed by atoms with Crippen molar-refractivity contribution in [2.45, 2.75) is 19.3 Å². The van der Waals surface area contributed by atoms with Crippen LogP contribution in [0.5, 0.6) is 23.0 Å². The molecule has 33 heavy (non-hydrogen) atoms. The van der Waals surface area contributed by atoms with Gasteiger partial charge in [0.1, 0.15) is 0 Å². The molecule has 0 fully saturated rings. The van der Waals surface area contributed by atoms with Gasteiger partial charge in [-0.15, -0.1) is 0 Å². The van der Waals surface area contributed by atoms with Gasteiger partial charge in [0.25, 0.3) is 0 Å². The number of hydrogen-bond donors (Lipinski definition) is 1. The van der Waals surface area contributed by atoms with E-state index >= 15 is 0 Å². The lowest BCUT2D eigenvalue weighted by Gasteiger charge is -2.17. The van der Waals surface area contributed by atoms with Gasteiger partial charge in [-0.3, -0.25) is 9.59 Å². The summed E-state index contributed by atoms with van der Waals surface area (Å²) in [6, 6.07) is 9.35. The Morgan fingerprint density at radius 3 is 2.30 bits per heavy atom. The van der Waals surface area contributed by atoms with Crippen LogP contribution < -0.4 is 24.3 Å². The van der Waals surface area contributed by atoms with E-state index in [1.807, 2.05) is 36.4 Å². The van der Waals surface area contributed by atoms with E-state index in [4.69, 9.17) is 18.9 Å². The maximum atomic E-state index is 12.7. The summed E-state index contributed by atoms with van der Waals surface area (Å²) >= 11 is 0. The minimum atomic E-state index is -0.109. The van der Waals surface area contributed by atoms with Crippen LogP contribution in [0.25, 0.3) is 6.08 Å². The molecule has 8 heteroatoms. The van der Waals surface area contributed by atoms with Crippen LogP contribution in [-0.2, 0) is 22.4 Å². The molecule has 0 bridgehead atoms. The molecule has 3 rings (SSSR count). The predicted octanol–water partition coefficient (Wildman–Crippen LogP) is 2.83. The third kappa shape index (κ3) is 5.97. The van der Waals surface area contributed by atoms with E-state index in [9.17, 15) is 9.59 Å². The van der Waals surface area contributed by atoms with Crippen molar-refractivity contribution in [2.75, 3.05) is 41.5 Å². The summed E-state index contributed by atoms with van der Waals surface area (Å²) in [5.74, 6) is 2.33. The van der Waals surface area contributed by atoms with Crippen LogP contribution in [0.3, 0.4) is 0 Å². The number of rotatable bonds is 10. The molecular formula is C25H30N2O6. The average Bonchev–Trinajstić information content (AvgIpc) is 2.98. The molecule has 0 saturated carbocycles. The summed E-state index contributed by atoms with van der Waals surface area (Å²) in [6.45, 7) is 0.795. The number of amides is 2. The summed E-state index contributed by atoms with van der Waals surface area (Å²) in [5, 5.41) is 2.91. The van der Waals surface area contributed by atoms with Gasteiger partial charge in [0.05, 0.1) is 34.9 Å². The summed E-state index contributed by atoms with van der Waals surface area (Å²) in [4.78, 5) is 26.6. The van der Waals surface area contributed by atoms with E-state index in [1.54, 1.807) is 39.5 Å². The van der Waals surface area contributed by atoms with Crippen molar-refractivity contribution in [3.8, 4) is 23.0 Å². The third-order valence-corrected chi connectivity index (χ3v) is 5.51. The fourth-order valence-electron chi connectivity index (χ4n) is 3.65. The Labute approximate surface area is 194 Å². The first kappa shape index (κ1) is 24.0. The molecule has 2 aromatic carbocycles. The smallest absolute Gasteiger partial charge is 0.230 e. The molecule has 0 unspecified atom stereocenters. The van der Waals surface area contributed by atoms with Crippen LogP contribution in [0.1, 0.15) is 23.1 Å². The average molecular weight is 455 g/mol. The minimum Gasteiger partial charge on any atom is -0.493 e. The second kappa shape index (κ2) is 11.3. The Morgan fingerprint density at radius 2 is 1.61 bits per heavy atom. The Morgan fingerprint density at radius 1 is 0.939 bits per heavy atom. The zero-order valence-corrected chi connectivity index (χ0v) is 19.5. The number of methoxy groups -OCH3 is 4. The van der Waals surface area contributed by atoms with Crippen molar-refractivity contribution in [1.82, 2.24) is 10.2 Å². The fourth-order valence-corrected chi connectivity index (χ4v) is 3.65. The van der Waals surface area contributed by atoms with Crippen LogP contribution in [0.15, 0.2) is 36.5 Å². The molecule has 0 saturated heterocycles. The van der Waals surface area contributed by atoms with Gasteiger partial charge in [0.15, 0.2) is 23.0 Å². The number of ether oxygens (including phenoxy) is 4. The number of fused-ring (bicyclic) bond motifs is 1. The largest absolute Gasteiger partial charge is 0.493 e. The molecule has 0 aliphatic carbocycles. The van der Waals surface area contributed by atoms with Gasteiger partial charge in [-0.2, -0.15) is 0 Å². The molecule has 0 radical (unpaired) electrons. The van der Waals surface area contributed by atoms with Crippen LogP contribution in [0, 0.1) is 0 Å². The quantitative estimate of drug-likeness (QED) is 0.594. The fraction of sp³-hybridized carbons (Fsp3) is 0.360. The predicted molar refractivity (Wildman–Crippen MR) is 125 cm³/mol. The molecule has 1 aliphatic heterocycles. The lowest BCUT2D eigenvalue weighted by atomic mass is 10.0. The maximum Gasteiger partial charge on any atom is 0.230 e. The van der Waals surface area contributed by atoms with E-state index in [-0.39, 0.29) is 24.7 Å². The second-order valence-corrected chi connectivity index (χ2v) is 7.52. The minimum absolute atomic E-state index is 0.0738. The summed E-state index contributed by atoms with van der Waals surface area (Å²) in [7, 11) is 6.32. The van der Waals surface area contributed by atoms with E-state index < -0.39 is 0 Å². The first-order chi connectivity index (χ1) is 16.0. The standard InChI is InChI=1S/C25H30N2O6/c1-30-20-6-5-17(13-21(20)31-2)7-10-26-24(28)9-12-27-11-8-18-14-22(32-3)23(33-4)15-19(18)16-25(27)29/h5-6,8,11,13-15H,7,9-10,12,16H2,1-4H3,(H,26,28). The van der Waals surface area contributed by atoms with Crippen molar-refractivity contribution < 1.29 is 28.5 Å². The number of carbonyl (C=O) groups excluding carboxylic acids is 2. The van der Waals surface area contributed by atoms with Crippen molar-refractivity contribution in [2.24, 2.45) is 0 Å². The van der Waals surface area contributed by atoms with Gasteiger partial charge in [0, 0.05) is 25.7 Å². The third-order valence-electron chi connectivity index (χ3n) is 5.51. The molecule has 8 nitrogen and oxygen atoms in total. The molecule has 2 amide bonds. The van der Waals surface area contributed by atoms with Gasteiger partial charge in [-0.25, -0.2) is 0 Å². The number of benzene rings is 2. The van der Waals surface area contributed by atoms with Crippen LogP contribution >= 0.6 is 0 Å². The van der Waals surface area contributed by atoms with Crippen LogP contribution in [0.4, 0.5) is 0 Å². The SMILES string of the molecule is COc1ccc(CCNC(=O)CCN2C=Cc3cc(OC)c(OC)cc3CC2=O)cc1OC.